The number of anilines is 2. The SMILES string of the molecule is CCC1OCCC1CNc1ncncc1N. The van der Waals surface area contributed by atoms with Crippen molar-refractivity contribution in [2.45, 2.75) is 25.9 Å². The van der Waals surface area contributed by atoms with Gasteiger partial charge in [0.2, 0.25) is 0 Å². The van der Waals surface area contributed by atoms with Crippen LogP contribution in [0.1, 0.15) is 19.8 Å². The number of aromatic nitrogens is 2. The van der Waals surface area contributed by atoms with E-state index in [4.69, 9.17) is 10.5 Å². The molecule has 5 heteroatoms. The van der Waals surface area contributed by atoms with Gasteiger partial charge in [0.1, 0.15) is 6.33 Å². The van der Waals surface area contributed by atoms with Crippen molar-refractivity contribution in [3.8, 4) is 0 Å². The van der Waals surface area contributed by atoms with Gasteiger partial charge < -0.3 is 15.8 Å². The Labute approximate surface area is 95.4 Å². The van der Waals surface area contributed by atoms with Gasteiger partial charge in [-0.05, 0) is 12.8 Å². The summed E-state index contributed by atoms with van der Waals surface area (Å²) in [6.45, 7) is 3.88. The van der Waals surface area contributed by atoms with Gasteiger partial charge in [0.15, 0.2) is 5.82 Å². The van der Waals surface area contributed by atoms with E-state index in [1.807, 2.05) is 0 Å². The highest BCUT2D eigenvalue weighted by molar-refractivity contribution is 5.58. The standard InChI is InChI=1S/C11H18N4O/c1-2-10-8(3-4-16-10)5-14-11-9(12)6-13-7-15-11/h6-8,10H,2-5,12H2,1H3,(H,13,14,15). The van der Waals surface area contributed by atoms with Crippen molar-refractivity contribution in [2.24, 2.45) is 5.92 Å². The van der Waals surface area contributed by atoms with Crippen LogP contribution in [0.15, 0.2) is 12.5 Å². The van der Waals surface area contributed by atoms with E-state index in [2.05, 4.69) is 22.2 Å². The minimum atomic E-state index is 0.371. The predicted molar refractivity (Wildman–Crippen MR) is 63.1 cm³/mol. The summed E-state index contributed by atoms with van der Waals surface area (Å²) in [5, 5.41) is 3.26. The Balaban J connectivity index is 1.90. The number of nitrogens with one attached hydrogen (secondary N) is 1. The highest BCUT2D eigenvalue weighted by atomic mass is 16.5. The fourth-order valence-corrected chi connectivity index (χ4v) is 2.09. The van der Waals surface area contributed by atoms with Crippen LogP contribution in [0.4, 0.5) is 11.5 Å². The summed E-state index contributed by atoms with van der Waals surface area (Å²) in [5.74, 6) is 1.27. The van der Waals surface area contributed by atoms with Gasteiger partial charge in [0.25, 0.3) is 0 Å². The van der Waals surface area contributed by atoms with Gasteiger partial charge in [-0.15, -0.1) is 0 Å². The number of ether oxygens (including phenoxy) is 1. The maximum absolute atomic E-state index is 5.75. The van der Waals surface area contributed by atoms with Crippen molar-refractivity contribution in [3.63, 3.8) is 0 Å². The molecule has 2 rings (SSSR count). The lowest BCUT2D eigenvalue weighted by molar-refractivity contribution is 0.0900. The molecule has 0 saturated carbocycles. The van der Waals surface area contributed by atoms with Crippen molar-refractivity contribution in [1.29, 1.82) is 0 Å². The van der Waals surface area contributed by atoms with Crippen LogP contribution in [0, 0.1) is 5.92 Å². The molecule has 1 saturated heterocycles. The first kappa shape index (κ1) is 11.1. The van der Waals surface area contributed by atoms with Gasteiger partial charge in [-0.3, -0.25) is 0 Å². The molecule has 2 heterocycles. The molecule has 0 bridgehead atoms. The van der Waals surface area contributed by atoms with E-state index in [1.54, 1.807) is 6.20 Å². The summed E-state index contributed by atoms with van der Waals surface area (Å²) in [7, 11) is 0. The quantitative estimate of drug-likeness (QED) is 0.803. The van der Waals surface area contributed by atoms with E-state index in [0.717, 1.165) is 31.8 Å². The fourth-order valence-electron chi connectivity index (χ4n) is 2.09. The van der Waals surface area contributed by atoms with Gasteiger partial charge in [-0.25, -0.2) is 9.97 Å². The highest BCUT2D eigenvalue weighted by Gasteiger charge is 2.26. The maximum atomic E-state index is 5.75. The molecule has 5 nitrogen and oxygen atoms in total. The lowest BCUT2D eigenvalue weighted by Crippen LogP contribution is -2.23. The minimum Gasteiger partial charge on any atom is -0.394 e. The first-order chi connectivity index (χ1) is 7.81. The van der Waals surface area contributed by atoms with Crippen LogP contribution in [-0.4, -0.2) is 29.2 Å². The summed E-state index contributed by atoms with van der Waals surface area (Å²) in [6.07, 6.45) is 5.65. The van der Waals surface area contributed by atoms with Crippen molar-refractivity contribution in [1.82, 2.24) is 9.97 Å². The Hall–Kier alpha value is -1.36. The smallest absolute Gasteiger partial charge is 0.152 e. The molecule has 1 aromatic rings. The third kappa shape index (κ3) is 2.41. The van der Waals surface area contributed by atoms with Crippen molar-refractivity contribution >= 4 is 11.5 Å². The maximum Gasteiger partial charge on any atom is 0.152 e. The summed E-state index contributed by atoms with van der Waals surface area (Å²) >= 11 is 0. The van der Waals surface area contributed by atoms with Gasteiger partial charge in [0, 0.05) is 19.1 Å². The predicted octanol–water partition coefficient (Wildman–Crippen LogP) is 1.29. The largest absolute Gasteiger partial charge is 0.394 e. The summed E-state index contributed by atoms with van der Waals surface area (Å²) < 4.78 is 5.63. The molecule has 1 aliphatic rings. The average molecular weight is 222 g/mol. The molecule has 3 N–H and O–H groups in total. The summed E-state index contributed by atoms with van der Waals surface area (Å²) in [5.41, 5.74) is 6.35. The molecule has 0 aromatic carbocycles. The molecular weight excluding hydrogens is 204 g/mol. The zero-order valence-electron chi connectivity index (χ0n) is 9.52. The molecule has 1 fully saturated rings. The summed E-state index contributed by atoms with van der Waals surface area (Å²) in [6, 6.07) is 0. The minimum absolute atomic E-state index is 0.371. The zero-order chi connectivity index (χ0) is 11.4. The number of nitrogens with two attached hydrogens (primary N) is 1. The fraction of sp³-hybridized carbons (Fsp3) is 0.636. The first-order valence-electron chi connectivity index (χ1n) is 5.72. The molecule has 0 aliphatic carbocycles. The molecule has 2 atom stereocenters. The normalized spacial score (nSPS) is 24.6. The van der Waals surface area contributed by atoms with E-state index in [0.29, 0.717) is 17.7 Å². The van der Waals surface area contributed by atoms with Crippen molar-refractivity contribution in [3.05, 3.63) is 12.5 Å². The number of nitrogen functional groups attached to an aromatic ring is 1. The van der Waals surface area contributed by atoms with Gasteiger partial charge in [-0.2, -0.15) is 0 Å². The van der Waals surface area contributed by atoms with Crippen LogP contribution < -0.4 is 11.1 Å². The van der Waals surface area contributed by atoms with Crippen molar-refractivity contribution < 1.29 is 4.74 Å². The molecule has 2 unspecified atom stereocenters. The van der Waals surface area contributed by atoms with Crippen LogP contribution in [0.25, 0.3) is 0 Å². The van der Waals surface area contributed by atoms with Crippen LogP contribution in [-0.2, 0) is 4.74 Å². The molecule has 0 radical (unpaired) electrons. The van der Waals surface area contributed by atoms with Crippen LogP contribution in [0.3, 0.4) is 0 Å². The first-order valence-corrected chi connectivity index (χ1v) is 5.72. The molecule has 1 aliphatic heterocycles. The second-order valence-corrected chi connectivity index (χ2v) is 4.07. The zero-order valence-corrected chi connectivity index (χ0v) is 9.52. The van der Waals surface area contributed by atoms with Crippen LogP contribution >= 0.6 is 0 Å². The molecule has 0 spiro atoms. The average Bonchev–Trinajstić information content (AvgIpc) is 2.75. The van der Waals surface area contributed by atoms with Gasteiger partial charge >= 0.3 is 0 Å². The Bertz CT molecular complexity index is 345. The topological polar surface area (TPSA) is 73.1 Å². The Morgan fingerprint density at radius 2 is 2.50 bits per heavy atom. The number of hydrogen-bond donors (Lipinski definition) is 2. The highest BCUT2D eigenvalue weighted by Crippen LogP contribution is 2.24. The molecular formula is C11H18N4O. The lowest BCUT2D eigenvalue weighted by Gasteiger charge is -2.17. The molecule has 16 heavy (non-hydrogen) atoms. The third-order valence-corrected chi connectivity index (χ3v) is 3.02. The number of hydrogen-bond acceptors (Lipinski definition) is 5. The van der Waals surface area contributed by atoms with E-state index >= 15 is 0 Å². The van der Waals surface area contributed by atoms with E-state index in [1.165, 1.54) is 6.33 Å². The molecule has 0 amide bonds. The van der Waals surface area contributed by atoms with E-state index < -0.39 is 0 Å². The van der Waals surface area contributed by atoms with Crippen molar-refractivity contribution in [2.75, 3.05) is 24.2 Å². The van der Waals surface area contributed by atoms with Crippen LogP contribution in [0.2, 0.25) is 0 Å². The Morgan fingerprint density at radius 3 is 3.25 bits per heavy atom. The van der Waals surface area contributed by atoms with Gasteiger partial charge in [-0.1, -0.05) is 6.92 Å². The second kappa shape index (κ2) is 5.12. The van der Waals surface area contributed by atoms with Gasteiger partial charge in [0.05, 0.1) is 18.0 Å². The van der Waals surface area contributed by atoms with E-state index in [9.17, 15) is 0 Å². The monoisotopic (exact) mass is 222 g/mol. The molecule has 1 aromatic heterocycles. The lowest BCUT2D eigenvalue weighted by atomic mass is 10.00. The second-order valence-electron chi connectivity index (χ2n) is 4.07. The number of rotatable bonds is 4. The van der Waals surface area contributed by atoms with E-state index in [-0.39, 0.29) is 0 Å². The van der Waals surface area contributed by atoms with Crippen LogP contribution in [0.5, 0.6) is 0 Å². The Kier molecular flexibility index (Phi) is 3.56. The third-order valence-electron chi connectivity index (χ3n) is 3.02. The molecule has 88 valence electrons. The summed E-state index contributed by atoms with van der Waals surface area (Å²) in [4.78, 5) is 7.96. The number of nitrogens with zero attached hydrogens (tertiary/aromatic N) is 2. The Morgan fingerprint density at radius 1 is 1.62 bits per heavy atom.